The summed E-state index contributed by atoms with van der Waals surface area (Å²) in [5.41, 5.74) is 8.83. The van der Waals surface area contributed by atoms with Gasteiger partial charge < -0.3 is 5.73 Å². The van der Waals surface area contributed by atoms with Gasteiger partial charge in [0.1, 0.15) is 0 Å². The molecule has 0 aliphatic heterocycles. The summed E-state index contributed by atoms with van der Waals surface area (Å²) in [6.07, 6.45) is 9.49. The average molecular weight is 243 g/mol. The molecule has 0 atom stereocenters. The van der Waals surface area contributed by atoms with Gasteiger partial charge in [-0.3, -0.25) is 0 Å². The molecule has 2 rings (SSSR count). The van der Waals surface area contributed by atoms with Crippen molar-refractivity contribution in [2.24, 2.45) is 11.1 Å². The van der Waals surface area contributed by atoms with Crippen molar-refractivity contribution < 1.29 is 0 Å². The highest BCUT2D eigenvalue weighted by Crippen LogP contribution is 2.42. The van der Waals surface area contributed by atoms with E-state index in [0.29, 0.717) is 12.0 Å². The summed E-state index contributed by atoms with van der Waals surface area (Å²) in [5, 5.41) is 0. The lowest BCUT2D eigenvalue weighted by atomic mass is 9.71. The first-order valence-electron chi connectivity index (χ1n) is 7.07. The molecule has 0 radical (unpaired) electrons. The SMILES string of the molecule is CC1(C)CCC(c2cccc(/C=C/CN)c2)CC1. The lowest BCUT2D eigenvalue weighted by Gasteiger charge is -2.34. The van der Waals surface area contributed by atoms with E-state index in [1.165, 1.54) is 36.8 Å². The van der Waals surface area contributed by atoms with Crippen molar-refractivity contribution in [1.29, 1.82) is 0 Å². The van der Waals surface area contributed by atoms with Crippen LogP contribution in [-0.4, -0.2) is 6.54 Å². The molecule has 1 nitrogen and oxygen atoms in total. The molecule has 0 spiro atoms. The molecule has 2 N–H and O–H groups in total. The van der Waals surface area contributed by atoms with Gasteiger partial charge in [-0.05, 0) is 48.1 Å². The molecule has 0 amide bonds. The zero-order valence-corrected chi connectivity index (χ0v) is 11.7. The van der Waals surface area contributed by atoms with Gasteiger partial charge >= 0.3 is 0 Å². The van der Waals surface area contributed by atoms with Crippen LogP contribution in [0.25, 0.3) is 6.08 Å². The summed E-state index contributed by atoms with van der Waals surface area (Å²) in [6, 6.07) is 8.94. The topological polar surface area (TPSA) is 26.0 Å². The fourth-order valence-corrected chi connectivity index (χ4v) is 2.85. The molecule has 0 aromatic heterocycles. The van der Waals surface area contributed by atoms with Crippen LogP contribution in [0.1, 0.15) is 56.6 Å². The molecule has 1 fully saturated rings. The minimum Gasteiger partial charge on any atom is -0.327 e. The summed E-state index contributed by atoms with van der Waals surface area (Å²) in [6.45, 7) is 5.40. The van der Waals surface area contributed by atoms with Gasteiger partial charge in [0.2, 0.25) is 0 Å². The second-order valence-electron chi connectivity index (χ2n) is 6.25. The number of rotatable bonds is 3. The summed E-state index contributed by atoms with van der Waals surface area (Å²) in [5.74, 6) is 0.754. The Labute approximate surface area is 111 Å². The summed E-state index contributed by atoms with van der Waals surface area (Å²) in [7, 11) is 0. The second-order valence-corrected chi connectivity index (χ2v) is 6.25. The Balaban J connectivity index is 2.07. The fraction of sp³-hybridized carbons (Fsp3) is 0.529. The lowest BCUT2D eigenvalue weighted by Crippen LogP contribution is -2.20. The Morgan fingerprint density at radius 1 is 1.28 bits per heavy atom. The van der Waals surface area contributed by atoms with Gasteiger partial charge in [0.15, 0.2) is 0 Å². The monoisotopic (exact) mass is 243 g/mol. The minimum absolute atomic E-state index is 0.549. The van der Waals surface area contributed by atoms with Crippen molar-refractivity contribution in [3.63, 3.8) is 0 Å². The van der Waals surface area contributed by atoms with E-state index in [-0.39, 0.29) is 0 Å². The van der Waals surface area contributed by atoms with Gasteiger partial charge in [-0.1, -0.05) is 50.3 Å². The predicted molar refractivity (Wildman–Crippen MR) is 79.5 cm³/mol. The smallest absolute Gasteiger partial charge is 0.0110 e. The fourth-order valence-electron chi connectivity index (χ4n) is 2.85. The number of hydrogen-bond acceptors (Lipinski definition) is 1. The van der Waals surface area contributed by atoms with Crippen LogP contribution >= 0.6 is 0 Å². The Kier molecular flexibility index (Phi) is 4.23. The third-order valence-corrected chi connectivity index (χ3v) is 4.17. The summed E-state index contributed by atoms with van der Waals surface area (Å²) < 4.78 is 0. The van der Waals surface area contributed by atoms with E-state index < -0.39 is 0 Å². The predicted octanol–water partition coefficient (Wildman–Crippen LogP) is 4.34. The molecule has 18 heavy (non-hydrogen) atoms. The van der Waals surface area contributed by atoms with Crippen molar-refractivity contribution in [2.75, 3.05) is 6.54 Å². The Hall–Kier alpha value is -1.08. The maximum atomic E-state index is 5.50. The standard InChI is InChI=1S/C17H25N/c1-17(2)10-8-15(9-11-17)16-7-3-5-14(13-16)6-4-12-18/h3-7,13,15H,8-12,18H2,1-2H3/b6-4+. The first kappa shape index (κ1) is 13.4. The van der Waals surface area contributed by atoms with E-state index >= 15 is 0 Å². The molecule has 98 valence electrons. The largest absolute Gasteiger partial charge is 0.327 e. The summed E-state index contributed by atoms with van der Waals surface area (Å²) in [4.78, 5) is 0. The van der Waals surface area contributed by atoms with Gasteiger partial charge in [-0.2, -0.15) is 0 Å². The van der Waals surface area contributed by atoms with E-state index in [1.54, 1.807) is 0 Å². The van der Waals surface area contributed by atoms with Gasteiger partial charge in [-0.15, -0.1) is 0 Å². The second kappa shape index (κ2) is 5.71. The first-order chi connectivity index (χ1) is 8.61. The maximum absolute atomic E-state index is 5.50. The molecule has 0 bridgehead atoms. The van der Waals surface area contributed by atoms with Gasteiger partial charge in [0.25, 0.3) is 0 Å². The first-order valence-corrected chi connectivity index (χ1v) is 7.07. The molecular formula is C17H25N. The molecule has 1 saturated carbocycles. The molecule has 1 aromatic rings. The van der Waals surface area contributed by atoms with Crippen molar-refractivity contribution in [3.05, 3.63) is 41.5 Å². The number of hydrogen-bond donors (Lipinski definition) is 1. The molecule has 1 aliphatic rings. The maximum Gasteiger partial charge on any atom is 0.0110 e. The van der Waals surface area contributed by atoms with Crippen LogP contribution in [0.4, 0.5) is 0 Å². The quantitative estimate of drug-likeness (QED) is 0.839. The van der Waals surface area contributed by atoms with Crippen LogP contribution in [0.2, 0.25) is 0 Å². The Morgan fingerprint density at radius 3 is 2.67 bits per heavy atom. The van der Waals surface area contributed by atoms with Gasteiger partial charge in [0.05, 0.1) is 0 Å². The van der Waals surface area contributed by atoms with Crippen LogP contribution < -0.4 is 5.73 Å². The van der Waals surface area contributed by atoms with Crippen molar-refractivity contribution in [3.8, 4) is 0 Å². The van der Waals surface area contributed by atoms with Crippen molar-refractivity contribution >= 4 is 6.08 Å². The van der Waals surface area contributed by atoms with Gasteiger partial charge in [-0.25, -0.2) is 0 Å². The Bertz CT molecular complexity index is 407. The zero-order valence-electron chi connectivity index (χ0n) is 11.7. The molecule has 1 aromatic carbocycles. The molecule has 1 heteroatoms. The number of nitrogens with two attached hydrogens (primary N) is 1. The zero-order chi connectivity index (χ0) is 13.0. The molecule has 0 unspecified atom stereocenters. The summed E-state index contributed by atoms with van der Waals surface area (Å²) >= 11 is 0. The van der Waals surface area contributed by atoms with E-state index in [2.05, 4.69) is 44.2 Å². The van der Waals surface area contributed by atoms with Crippen LogP contribution in [-0.2, 0) is 0 Å². The van der Waals surface area contributed by atoms with Crippen LogP contribution in [0.3, 0.4) is 0 Å². The van der Waals surface area contributed by atoms with Crippen LogP contribution in [0.15, 0.2) is 30.3 Å². The van der Waals surface area contributed by atoms with E-state index in [1.807, 2.05) is 6.08 Å². The minimum atomic E-state index is 0.549. The highest BCUT2D eigenvalue weighted by atomic mass is 14.5. The third-order valence-electron chi connectivity index (χ3n) is 4.17. The molecule has 0 saturated heterocycles. The van der Waals surface area contributed by atoms with E-state index in [0.717, 1.165) is 5.92 Å². The lowest BCUT2D eigenvalue weighted by molar-refractivity contribution is 0.224. The van der Waals surface area contributed by atoms with Crippen molar-refractivity contribution in [2.45, 2.75) is 45.4 Å². The Morgan fingerprint density at radius 2 is 2.00 bits per heavy atom. The van der Waals surface area contributed by atoms with Gasteiger partial charge in [0, 0.05) is 6.54 Å². The molecule has 1 aliphatic carbocycles. The van der Waals surface area contributed by atoms with E-state index in [9.17, 15) is 0 Å². The highest BCUT2D eigenvalue weighted by Gasteiger charge is 2.27. The third kappa shape index (κ3) is 3.46. The normalized spacial score (nSPS) is 20.4. The molecular weight excluding hydrogens is 218 g/mol. The molecule has 0 heterocycles. The highest BCUT2D eigenvalue weighted by molar-refractivity contribution is 5.50. The van der Waals surface area contributed by atoms with Crippen LogP contribution in [0, 0.1) is 5.41 Å². The average Bonchev–Trinajstić information content (AvgIpc) is 2.37. The number of benzene rings is 1. The van der Waals surface area contributed by atoms with Crippen LogP contribution in [0.5, 0.6) is 0 Å². The van der Waals surface area contributed by atoms with Crippen molar-refractivity contribution in [1.82, 2.24) is 0 Å². The van der Waals surface area contributed by atoms with E-state index in [4.69, 9.17) is 5.73 Å².